The lowest BCUT2D eigenvalue weighted by Crippen LogP contribution is -2.59. The Labute approximate surface area is 129 Å². The average molecular weight is 286 g/mol. The molecule has 0 saturated heterocycles. The molecule has 4 bridgehead atoms. The first kappa shape index (κ1) is 13.1. The molecule has 0 unspecified atom stereocenters. The molecule has 0 aliphatic heterocycles. The second-order valence-electron chi connectivity index (χ2n) is 10.5. The molecule has 0 aromatic heterocycles. The van der Waals surface area contributed by atoms with Crippen molar-refractivity contribution in [2.75, 3.05) is 0 Å². The Kier molecular flexibility index (Phi) is 2.06. The van der Waals surface area contributed by atoms with Gasteiger partial charge in [-0.25, -0.2) is 0 Å². The van der Waals surface area contributed by atoms with Crippen molar-refractivity contribution in [3.63, 3.8) is 0 Å². The molecule has 6 aliphatic rings. The van der Waals surface area contributed by atoms with Gasteiger partial charge in [-0.15, -0.1) is 0 Å². The normalized spacial score (nSPS) is 63.0. The minimum atomic E-state index is -0.0674. The molecule has 0 radical (unpaired) electrons. The summed E-state index contributed by atoms with van der Waals surface area (Å²) in [7, 11) is 0. The Hall–Kier alpha value is -0.330. The van der Waals surface area contributed by atoms with Crippen molar-refractivity contribution in [3.8, 4) is 0 Å². The van der Waals surface area contributed by atoms with Crippen LogP contribution in [0.2, 0.25) is 0 Å². The zero-order chi connectivity index (χ0) is 14.8. The number of ketones is 1. The van der Waals surface area contributed by atoms with E-state index in [1.54, 1.807) is 0 Å². The van der Waals surface area contributed by atoms with E-state index in [0.717, 1.165) is 29.6 Å². The van der Waals surface area contributed by atoms with Crippen LogP contribution in [0.5, 0.6) is 0 Å². The minimum absolute atomic E-state index is 0.0674. The zero-order valence-corrected chi connectivity index (χ0v) is 14.2. The minimum Gasteiger partial charge on any atom is -0.299 e. The smallest absolute Gasteiger partial charge is 0.138 e. The number of Topliss-reactive ketones (excluding diaryl/α,β-unsaturated/α-hetero) is 1. The van der Waals surface area contributed by atoms with E-state index >= 15 is 0 Å². The monoisotopic (exact) mass is 286 g/mol. The van der Waals surface area contributed by atoms with Crippen molar-refractivity contribution >= 4 is 5.78 Å². The van der Waals surface area contributed by atoms with Gasteiger partial charge in [0.1, 0.15) is 5.78 Å². The Morgan fingerprint density at radius 2 is 1.71 bits per heavy atom. The van der Waals surface area contributed by atoms with Crippen molar-refractivity contribution in [3.05, 3.63) is 0 Å². The Balaban J connectivity index is 1.57. The highest BCUT2D eigenvalue weighted by atomic mass is 16.1. The van der Waals surface area contributed by atoms with Gasteiger partial charge < -0.3 is 0 Å². The topological polar surface area (TPSA) is 17.1 Å². The van der Waals surface area contributed by atoms with Gasteiger partial charge in [0, 0.05) is 11.8 Å². The van der Waals surface area contributed by atoms with Crippen LogP contribution in [-0.4, -0.2) is 5.78 Å². The fourth-order valence-corrected chi connectivity index (χ4v) is 8.64. The maximum Gasteiger partial charge on any atom is 0.138 e. The zero-order valence-electron chi connectivity index (χ0n) is 14.2. The molecule has 0 N–H and O–H groups in total. The lowest BCUT2D eigenvalue weighted by molar-refractivity contribution is -0.172. The van der Waals surface area contributed by atoms with Gasteiger partial charge in [-0.05, 0) is 78.4 Å². The summed E-state index contributed by atoms with van der Waals surface area (Å²) >= 11 is 0. The molecule has 0 heterocycles. The number of fused-ring (bicyclic) bond motifs is 1. The molecular formula is C20H30O. The molecule has 116 valence electrons. The molecule has 6 saturated carbocycles. The average Bonchev–Trinajstić information content (AvgIpc) is 2.86. The number of carbonyl (C=O) groups is 1. The Bertz CT molecular complexity index is 548. The molecule has 6 fully saturated rings. The van der Waals surface area contributed by atoms with Crippen LogP contribution in [0.15, 0.2) is 0 Å². The molecule has 6 aliphatic carbocycles. The Morgan fingerprint density at radius 1 is 0.952 bits per heavy atom. The van der Waals surface area contributed by atoms with Crippen LogP contribution in [0.1, 0.15) is 72.6 Å². The first-order valence-electron chi connectivity index (χ1n) is 9.27. The second-order valence-corrected chi connectivity index (χ2v) is 10.5. The van der Waals surface area contributed by atoms with Crippen LogP contribution in [-0.2, 0) is 4.79 Å². The summed E-state index contributed by atoms with van der Waals surface area (Å²) in [6, 6.07) is 0. The van der Waals surface area contributed by atoms with Gasteiger partial charge in [0.15, 0.2) is 0 Å². The summed E-state index contributed by atoms with van der Waals surface area (Å²) in [6.07, 6.45) is 9.33. The van der Waals surface area contributed by atoms with Crippen LogP contribution in [0.25, 0.3) is 0 Å². The number of hydrogen-bond acceptors (Lipinski definition) is 1. The molecule has 7 atom stereocenters. The summed E-state index contributed by atoms with van der Waals surface area (Å²) in [5.41, 5.74) is 1.79. The van der Waals surface area contributed by atoms with E-state index < -0.39 is 0 Å². The standard InChI is InChI=1S/C20H30O/c1-17(2)14-5-8-20-10-13-12(19(13,4)11-20)9-15(20)18(14,3)7-6-16(17)21/h12-15H,5-11H2,1-4H3/t12-,13+,14-,15+,18-,19+,20+/m1/s1. The van der Waals surface area contributed by atoms with E-state index in [-0.39, 0.29) is 5.41 Å². The quantitative estimate of drug-likeness (QED) is 0.622. The molecular weight excluding hydrogens is 256 g/mol. The van der Waals surface area contributed by atoms with Crippen LogP contribution in [0, 0.1) is 45.3 Å². The van der Waals surface area contributed by atoms with Crippen LogP contribution in [0.3, 0.4) is 0 Å². The third-order valence-electron chi connectivity index (χ3n) is 9.66. The summed E-state index contributed by atoms with van der Waals surface area (Å²) in [5.74, 6) is 4.23. The third kappa shape index (κ3) is 1.23. The van der Waals surface area contributed by atoms with Gasteiger partial charge >= 0.3 is 0 Å². The fourth-order valence-electron chi connectivity index (χ4n) is 8.64. The summed E-state index contributed by atoms with van der Waals surface area (Å²) in [4.78, 5) is 12.5. The van der Waals surface area contributed by atoms with Gasteiger partial charge in [0.05, 0.1) is 0 Å². The molecule has 6 rings (SSSR count). The van der Waals surface area contributed by atoms with E-state index in [2.05, 4.69) is 27.7 Å². The first-order chi connectivity index (χ1) is 9.74. The number of carbonyl (C=O) groups excluding carboxylic acids is 1. The van der Waals surface area contributed by atoms with Crippen LogP contribution >= 0.6 is 0 Å². The maximum absolute atomic E-state index is 12.5. The van der Waals surface area contributed by atoms with Crippen LogP contribution in [0.4, 0.5) is 0 Å². The van der Waals surface area contributed by atoms with E-state index in [0.29, 0.717) is 22.5 Å². The van der Waals surface area contributed by atoms with E-state index in [4.69, 9.17) is 0 Å². The van der Waals surface area contributed by atoms with Crippen molar-refractivity contribution in [1.29, 1.82) is 0 Å². The third-order valence-corrected chi connectivity index (χ3v) is 9.66. The van der Waals surface area contributed by atoms with Gasteiger partial charge in [-0.1, -0.05) is 27.7 Å². The predicted octanol–water partition coefficient (Wildman–Crippen LogP) is 4.84. The second kappa shape index (κ2) is 3.29. The molecule has 1 heteroatoms. The molecule has 0 aromatic rings. The summed E-state index contributed by atoms with van der Waals surface area (Å²) in [6.45, 7) is 9.66. The van der Waals surface area contributed by atoms with Crippen molar-refractivity contribution < 1.29 is 4.79 Å². The van der Waals surface area contributed by atoms with Crippen molar-refractivity contribution in [2.45, 2.75) is 72.6 Å². The highest BCUT2D eigenvalue weighted by Crippen LogP contribution is 2.85. The maximum atomic E-state index is 12.5. The molecule has 1 spiro atoms. The fraction of sp³-hybridized carbons (Fsp3) is 0.950. The van der Waals surface area contributed by atoms with Gasteiger partial charge in [0.25, 0.3) is 0 Å². The molecule has 21 heavy (non-hydrogen) atoms. The van der Waals surface area contributed by atoms with Crippen LogP contribution < -0.4 is 0 Å². The van der Waals surface area contributed by atoms with Gasteiger partial charge in [-0.3, -0.25) is 4.79 Å². The SMILES string of the molecule is CC1(C)C(=O)CC[C@]2(C)[C@@H]1CC[C@@]13C[C@H]4[C@@H](C[C@H]12)[C@]4(C)C3. The Morgan fingerprint density at radius 3 is 2.38 bits per heavy atom. The van der Waals surface area contributed by atoms with Gasteiger partial charge in [-0.2, -0.15) is 0 Å². The van der Waals surface area contributed by atoms with E-state index in [9.17, 15) is 4.79 Å². The summed E-state index contributed by atoms with van der Waals surface area (Å²) < 4.78 is 0. The molecule has 0 aromatic carbocycles. The lowest BCUT2D eigenvalue weighted by Gasteiger charge is -2.64. The molecule has 0 amide bonds. The van der Waals surface area contributed by atoms with Crippen molar-refractivity contribution in [1.82, 2.24) is 0 Å². The summed E-state index contributed by atoms with van der Waals surface area (Å²) in [5, 5.41) is 0. The van der Waals surface area contributed by atoms with Gasteiger partial charge in [0.2, 0.25) is 0 Å². The highest BCUT2D eigenvalue weighted by Gasteiger charge is 2.78. The van der Waals surface area contributed by atoms with E-state index in [1.807, 2.05) is 0 Å². The first-order valence-corrected chi connectivity index (χ1v) is 9.27. The number of rotatable bonds is 0. The predicted molar refractivity (Wildman–Crippen MR) is 83.7 cm³/mol. The van der Waals surface area contributed by atoms with Crippen molar-refractivity contribution in [2.24, 2.45) is 45.3 Å². The lowest BCUT2D eigenvalue weighted by atomic mass is 9.39. The van der Waals surface area contributed by atoms with E-state index in [1.165, 1.54) is 38.5 Å². The molecule has 1 nitrogen and oxygen atoms in total. The highest BCUT2D eigenvalue weighted by molar-refractivity contribution is 5.85. The largest absolute Gasteiger partial charge is 0.299 e. The number of hydrogen-bond donors (Lipinski definition) is 0.